The molecule has 6 nitrogen and oxygen atoms in total. The van der Waals surface area contributed by atoms with Crippen LogP contribution in [0.2, 0.25) is 0 Å². The molecule has 0 aromatic carbocycles. The van der Waals surface area contributed by atoms with Gasteiger partial charge in [-0.3, -0.25) is 4.79 Å². The molecule has 18 heavy (non-hydrogen) atoms. The number of rotatable bonds is 11. The van der Waals surface area contributed by atoms with Crippen LogP contribution >= 0.6 is 0 Å². The van der Waals surface area contributed by atoms with Crippen LogP contribution in [0.3, 0.4) is 0 Å². The third-order valence-corrected chi connectivity index (χ3v) is 2.86. The van der Waals surface area contributed by atoms with Gasteiger partial charge in [-0.15, -0.1) is 0 Å². The van der Waals surface area contributed by atoms with Gasteiger partial charge < -0.3 is 26.2 Å². The molecule has 0 aromatic rings. The first-order valence-electron chi connectivity index (χ1n) is 6.41. The molecular weight excluding hydrogens is 238 g/mol. The highest BCUT2D eigenvalue weighted by molar-refractivity contribution is 5.66. The maximum absolute atomic E-state index is 10.3. The maximum Gasteiger partial charge on any atom is 0.303 e. The van der Waals surface area contributed by atoms with E-state index in [2.05, 4.69) is 0 Å². The molecule has 0 aromatic heterocycles. The number of aliphatic hydroxyl groups is 3. The van der Waals surface area contributed by atoms with Crippen molar-refractivity contribution in [2.45, 2.75) is 63.3 Å². The maximum atomic E-state index is 10.3. The van der Waals surface area contributed by atoms with Crippen LogP contribution in [-0.2, 0) is 4.79 Å². The molecule has 0 radical (unpaired) electrons. The molecule has 0 rings (SSSR count). The molecule has 0 saturated carbocycles. The van der Waals surface area contributed by atoms with E-state index in [4.69, 9.17) is 10.8 Å². The molecule has 108 valence electrons. The predicted molar refractivity (Wildman–Crippen MR) is 67.0 cm³/mol. The molecule has 0 saturated heterocycles. The average Bonchev–Trinajstić information content (AvgIpc) is 2.31. The number of nitrogens with two attached hydrogens (primary N) is 1. The van der Waals surface area contributed by atoms with Gasteiger partial charge in [0.2, 0.25) is 0 Å². The van der Waals surface area contributed by atoms with Gasteiger partial charge in [0.15, 0.2) is 0 Å². The fourth-order valence-corrected chi connectivity index (χ4v) is 1.69. The Bertz CT molecular complexity index is 225. The number of hydrogen-bond donors (Lipinski definition) is 5. The summed E-state index contributed by atoms with van der Waals surface area (Å²) in [6.45, 7) is 0.422. The first kappa shape index (κ1) is 17.3. The van der Waals surface area contributed by atoms with Crippen LogP contribution < -0.4 is 5.73 Å². The zero-order valence-electron chi connectivity index (χ0n) is 10.7. The van der Waals surface area contributed by atoms with Crippen LogP contribution in [0.15, 0.2) is 0 Å². The summed E-state index contributed by atoms with van der Waals surface area (Å²) in [4.78, 5) is 10.3. The molecule has 0 aliphatic heterocycles. The SMILES string of the molecule is NCCC(O)CCC(O)CCC(O)CCC(=O)O. The van der Waals surface area contributed by atoms with E-state index in [1.807, 2.05) is 0 Å². The largest absolute Gasteiger partial charge is 0.481 e. The average molecular weight is 263 g/mol. The molecule has 0 fully saturated rings. The molecule has 3 atom stereocenters. The van der Waals surface area contributed by atoms with Gasteiger partial charge in [-0.2, -0.15) is 0 Å². The summed E-state index contributed by atoms with van der Waals surface area (Å²) in [6.07, 6.45) is 0.662. The lowest BCUT2D eigenvalue weighted by Gasteiger charge is -2.15. The van der Waals surface area contributed by atoms with Crippen LogP contribution in [0.5, 0.6) is 0 Å². The first-order chi connectivity index (χ1) is 8.45. The summed E-state index contributed by atoms with van der Waals surface area (Å²) < 4.78 is 0. The monoisotopic (exact) mass is 263 g/mol. The van der Waals surface area contributed by atoms with E-state index in [-0.39, 0.29) is 12.8 Å². The van der Waals surface area contributed by atoms with E-state index in [9.17, 15) is 20.1 Å². The van der Waals surface area contributed by atoms with Crippen molar-refractivity contribution in [3.8, 4) is 0 Å². The lowest BCUT2D eigenvalue weighted by atomic mass is 10.0. The van der Waals surface area contributed by atoms with E-state index >= 15 is 0 Å². The quantitative estimate of drug-likeness (QED) is 0.353. The third kappa shape index (κ3) is 10.5. The molecular formula is C12H25NO5. The van der Waals surface area contributed by atoms with Gasteiger partial charge in [-0.1, -0.05) is 0 Å². The van der Waals surface area contributed by atoms with Crippen molar-refractivity contribution in [1.29, 1.82) is 0 Å². The van der Waals surface area contributed by atoms with Gasteiger partial charge >= 0.3 is 5.97 Å². The third-order valence-electron chi connectivity index (χ3n) is 2.86. The van der Waals surface area contributed by atoms with Gasteiger partial charge in [-0.25, -0.2) is 0 Å². The highest BCUT2D eigenvalue weighted by Crippen LogP contribution is 2.12. The van der Waals surface area contributed by atoms with E-state index in [0.717, 1.165) is 0 Å². The molecule has 6 N–H and O–H groups in total. The van der Waals surface area contributed by atoms with Crippen molar-refractivity contribution < 1.29 is 25.2 Å². The number of carbonyl (C=O) groups is 1. The van der Waals surface area contributed by atoms with Gasteiger partial charge in [-0.05, 0) is 45.1 Å². The van der Waals surface area contributed by atoms with Crippen molar-refractivity contribution in [1.82, 2.24) is 0 Å². The van der Waals surface area contributed by atoms with Gasteiger partial charge in [0.25, 0.3) is 0 Å². The minimum Gasteiger partial charge on any atom is -0.481 e. The summed E-state index contributed by atoms with van der Waals surface area (Å²) >= 11 is 0. The molecule has 0 amide bonds. The van der Waals surface area contributed by atoms with Gasteiger partial charge in [0.1, 0.15) is 0 Å². The second kappa shape index (κ2) is 10.3. The zero-order valence-corrected chi connectivity index (χ0v) is 10.7. The number of aliphatic carboxylic acids is 1. The minimum atomic E-state index is -0.931. The Kier molecular flexibility index (Phi) is 9.86. The summed E-state index contributed by atoms with van der Waals surface area (Å²) in [7, 11) is 0. The lowest BCUT2D eigenvalue weighted by Crippen LogP contribution is -2.18. The van der Waals surface area contributed by atoms with Gasteiger partial charge in [0, 0.05) is 6.42 Å². The van der Waals surface area contributed by atoms with Crippen LogP contribution in [-0.4, -0.2) is 51.3 Å². The smallest absolute Gasteiger partial charge is 0.303 e. The number of hydrogen-bond acceptors (Lipinski definition) is 5. The molecule has 0 aliphatic carbocycles. The predicted octanol–water partition coefficient (Wildman–Crippen LogP) is -0.157. The molecule has 0 bridgehead atoms. The van der Waals surface area contributed by atoms with Crippen LogP contribution in [0.1, 0.15) is 44.9 Å². The molecule has 3 unspecified atom stereocenters. The molecule has 0 spiro atoms. The number of carboxylic acids is 1. The van der Waals surface area contributed by atoms with Crippen LogP contribution in [0, 0.1) is 0 Å². The molecule has 0 heterocycles. The highest BCUT2D eigenvalue weighted by Gasteiger charge is 2.12. The Morgan fingerprint density at radius 1 is 0.833 bits per heavy atom. The number of carboxylic acid groups (broad SMARTS) is 1. The normalized spacial score (nSPS) is 16.2. The topological polar surface area (TPSA) is 124 Å². The molecule has 0 aliphatic rings. The zero-order chi connectivity index (χ0) is 14.0. The summed E-state index contributed by atoms with van der Waals surface area (Å²) in [5, 5.41) is 36.9. The summed E-state index contributed by atoms with van der Waals surface area (Å²) in [6, 6.07) is 0. The fourth-order valence-electron chi connectivity index (χ4n) is 1.69. The highest BCUT2D eigenvalue weighted by atomic mass is 16.4. The lowest BCUT2D eigenvalue weighted by molar-refractivity contribution is -0.137. The second-order valence-corrected chi connectivity index (χ2v) is 4.63. The first-order valence-corrected chi connectivity index (χ1v) is 6.41. The van der Waals surface area contributed by atoms with E-state index in [1.54, 1.807) is 0 Å². The second-order valence-electron chi connectivity index (χ2n) is 4.63. The summed E-state index contributed by atoms with van der Waals surface area (Å²) in [5.41, 5.74) is 5.29. The number of aliphatic hydroxyl groups excluding tert-OH is 3. The Balaban J connectivity index is 3.56. The molecule has 6 heteroatoms. The van der Waals surface area contributed by atoms with Gasteiger partial charge in [0.05, 0.1) is 18.3 Å². The Morgan fingerprint density at radius 2 is 1.22 bits per heavy atom. The Labute approximate surface area is 107 Å². The van der Waals surface area contributed by atoms with Crippen LogP contribution in [0.25, 0.3) is 0 Å². The minimum absolute atomic E-state index is 0.0630. The van der Waals surface area contributed by atoms with E-state index < -0.39 is 24.3 Å². The van der Waals surface area contributed by atoms with Crippen LogP contribution in [0.4, 0.5) is 0 Å². The van der Waals surface area contributed by atoms with E-state index in [0.29, 0.717) is 38.6 Å². The standard InChI is InChI=1S/C12H25NO5/c13-8-7-11(16)4-3-9(14)1-2-10(15)5-6-12(17)18/h9-11,14-16H,1-8,13H2,(H,17,18). The van der Waals surface area contributed by atoms with E-state index in [1.165, 1.54) is 0 Å². The Morgan fingerprint density at radius 3 is 1.61 bits per heavy atom. The van der Waals surface area contributed by atoms with Crippen molar-refractivity contribution in [3.05, 3.63) is 0 Å². The fraction of sp³-hybridized carbons (Fsp3) is 0.917. The van der Waals surface area contributed by atoms with Crippen molar-refractivity contribution in [2.75, 3.05) is 6.54 Å². The Hall–Kier alpha value is -0.690. The van der Waals surface area contributed by atoms with Crippen molar-refractivity contribution >= 4 is 5.97 Å². The van der Waals surface area contributed by atoms with Crippen molar-refractivity contribution in [2.24, 2.45) is 5.73 Å². The van der Waals surface area contributed by atoms with Crippen molar-refractivity contribution in [3.63, 3.8) is 0 Å². The summed E-state index contributed by atoms with van der Waals surface area (Å²) in [5.74, 6) is -0.931.